The van der Waals surface area contributed by atoms with Gasteiger partial charge in [-0.2, -0.15) is 0 Å². The topological polar surface area (TPSA) is 47.6 Å². The van der Waals surface area contributed by atoms with Gasteiger partial charge in [-0.15, -0.1) is 0 Å². The standard InChI is InChI=1S/C23H17NO3/c25-18-9-8-17-23(18)21(14-6-10-19-20(11-14)27-12-26-19)22-15-4-2-1-3-13(15)5-7-16(22)24-17/h1-7,10-11,21,24H,8-9,12H2/t21-/m0/s1. The molecule has 0 saturated heterocycles. The molecule has 3 aromatic carbocycles. The summed E-state index contributed by atoms with van der Waals surface area (Å²) < 4.78 is 11.1. The van der Waals surface area contributed by atoms with Crippen LogP contribution in [0.2, 0.25) is 0 Å². The molecule has 6 rings (SSSR count). The maximum atomic E-state index is 12.8. The lowest BCUT2D eigenvalue weighted by atomic mass is 9.78. The third-order valence-electron chi connectivity index (χ3n) is 5.79. The maximum absolute atomic E-state index is 12.8. The Hall–Kier alpha value is -3.27. The van der Waals surface area contributed by atoms with Crippen LogP contribution < -0.4 is 14.8 Å². The van der Waals surface area contributed by atoms with E-state index in [1.807, 2.05) is 18.2 Å². The van der Waals surface area contributed by atoms with E-state index in [4.69, 9.17) is 9.47 Å². The first-order chi connectivity index (χ1) is 13.3. The molecule has 132 valence electrons. The lowest BCUT2D eigenvalue weighted by Crippen LogP contribution is -2.19. The van der Waals surface area contributed by atoms with E-state index in [-0.39, 0.29) is 18.5 Å². The monoisotopic (exact) mass is 355 g/mol. The second-order valence-electron chi connectivity index (χ2n) is 7.23. The van der Waals surface area contributed by atoms with Crippen LogP contribution in [0.15, 0.2) is 65.9 Å². The van der Waals surface area contributed by atoms with Gasteiger partial charge in [-0.1, -0.05) is 36.4 Å². The van der Waals surface area contributed by atoms with Crippen molar-refractivity contribution in [2.75, 3.05) is 12.1 Å². The normalized spacial score (nSPS) is 19.9. The number of carbonyl (C=O) groups excluding carboxylic acids is 1. The molecule has 0 radical (unpaired) electrons. The number of rotatable bonds is 1. The molecular formula is C23H17NO3. The Morgan fingerprint density at radius 1 is 0.926 bits per heavy atom. The Morgan fingerprint density at radius 2 is 1.81 bits per heavy atom. The number of allylic oxidation sites excluding steroid dienone is 2. The number of benzene rings is 3. The predicted octanol–water partition coefficient (Wildman–Crippen LogP) is 4.74. The number of fused-ring (bicyclic) bond motifs is 4. The van der Waals surface area contributed by atoms with E-state index in [0.717, 1.165) is 40.4 Å². The Balaban J connectivity index is 1.65. The highest BCUT2D eigenvalue weighted by atomic mass is 16.7. The minimum atomic E-state index is -0.0909. The van der Waals surface area contributed by atoms with Crippen LogP contribution in [0.4, 0.5) is 5.69 Å². The molecule has 0 bridgehead atoms. The van der Waals surface area contributed by atoms with Crippen LogP contribution in [0.25, 0.3) is 10.8 Å². The zero-order chi connectivity index (χ0) is 18.0. The summed E-state index contributed by atoms with van der Waals surface area (Å²) >= 11 is 0. The molecule has 0 aromatic heterocycles. The van der Waals surface area contributed by atoms with Crippen molar-refractivity contribution in [2.45, 2.75) is 18.8 Å². The van der Waals surface area contributed by atoms with Gasteiger partial charge in [-0.3, -0.25) is 4.79 Å². The molecule has 3 aromatic rings. The van der Waals surface area contributed by atoms with Crippen LogP contribution in [-0.2, 0) is 4.79 Å². The van der Waals surface area contributed by atoms with Crippen LogP contribution in [0.1, 0.15) is 29.9 Å². The van der Waals surface area contributed by atoms with Gasteiger partial charge in [0.2, 0.25) is 6.79 Å². The molecule has 0 spiro atoms. The Labute approximate surface area is 156 Å². The highest BCUT2D eigenvalue weighted by Gasteiger charge is 2.38. The molecule has 0 fully saturated rings. The molecule has 0 amide bonds. The molecular weight excluding hydrogens is 338 g/mol. The van der Waals surface area contributed by atoms with Crippen molar-refractivity contribution in [3.05, 3.63) is 77.0 Å². The number of ether oxygens (including phenoxy) is 2. The molecule has 4 heteroatoms. The van der Waals surface area contributed by atoms with Crippen molar-refractivity contribution in [2.24, 2.45) is 0 Å². The number of ketones is 1. The second kappa shape index (κ2) is 5.36. The van der Waals surface area contributed by atoms with Gasteiger partial charge in [0.05, 0.1) is 0 Å². The van der Waals surface area contributed by atoms with E-state index in [1.165, 1.54) is 16.3 Å². The fourth-order valence-corrected chi connectivity index (χ4v) is 4.59. The van der Waals surface area contributed by atoms with Gasteiger partial charge in [0.1, 0.15) is 0 Å². The zero-order valence-electron chi connectivity index (χ0n) is 14.6. The van der Waals surface area contributed by atoms with Crippen molar-refractivity contribution >= 4 is 22.2 Å². The first kappa shape index (κ1) is 14.9. The molecule has 1 atom stereocenters. The summed E-state index contributed by atoms with van der Waals surface area (Å²) in [6.07, 6.45) is 1.35. The van der Waals surface area contributed by atoms with E-state index < -0.39 is 0 Å². The molecule has 3 aliphatic rings. The third kappa shape index (κ3) is 2.07. The largest absolute Gasteiger partial charge is 0.454 e. The summed E-state index contributed by atoms with van der Waals surface area (Å²) in [5.41, 5.74) is 5.29. The second-order valence-corrected chi connectivity index (χ2v) is 7.23. The highest BCUT2D eigenvalue weighted by Crippen LogP contribution is 2.49. The number of carbonyl (C=O) groups is 1. The summed E-state index contributed by atoms with van der Waals surface area (Å²) in [7, 11) is 0. The van der Waals surface area contributed by atoms with E-state index in [1.54, 1.807) is 0 Å². The van der Waals surface area contributed by atoms with Gasteiger partial charge in [-0.05, 0) is 46.5 Å². The molecule has 27 heavy (non-hydrogen) atoms. The van der Waals surface area contributed by atoms with Gasteiger partial charge in [0.15, 0.2) is 17.3 Å². The van der Waals surface area contributed by atoms with Gasteiger partial charge in [0, 0.05) is 29.3 Å². The van der Waals surface area contributed by atoms with Crippen molar-refractivity contribution in [1.29, 1.82) is 0 Å². The summed E-state index contributed by atoms with van der Waals surface area (Å²) in [5.74, 6) is 1.66. The number of hydrogen-bond acceptors (Lipinski definition) is 4. The Bertz CT molecular complexity index is 1160. The van der Waals surface area contributed by atoms with Gasteiger partial charge >= 0.3 is 0 Å². The number of hydrogen-bond donors (Lipinski definition) is 1. The van der Waals surface area contributed by atoms with Gasteiger partial charge in [0.25, 0.3) is 0 Å². The average molecular weight is 355 g/mol. The zero-order valence-corrected chi connectivity index (χ0v) is 14.6. The molecule has 2 aliphatic heterocycles. The first-order valence-electron chi connectivity index (χ1n) is 9.24. The van der Waals surface area contributed by atoms with Crippen molar-refractivity contribution in [1.82, 2.24) is 0 Å². The number of Topliss-reactive ketones (excluding diaryl/α,β-unsaturated/α-hetero) is 1. The third-order valence-corrected chi connectivity index (χ3v) is 5.79. The predicted molar refractivity (Wildman–Crippen MR) is 103 cm³/mol. The quantitative estimate of drug-likeness (QED) is 0.685. The fraction of sp³-hybridized carbons (Fsp3) is 0.174. The Morgan fingerprint density at radius 3 is 2.78 bits per heavy atom. The molecule has 1 aliphatic carbocycles. The molecule has 1 N–H and O–H groups in total. The highest BCUT2D eigenvalue weighted by molar-refractivity contribution is 6.05. The summed E-state index contributed by atoms with van der Waals surface area (Å²) in [4.78, 5) is 12.8. The number of anilines is 1. The fourth-order valence-electron chi connectivity index (χ4n) is 4.59. The maximum Gasteiger partial charge on any atom is 0.231 e. The summed E-state index contributed by atoms with van der Waals surface area (Å²) in [6.45, 7) is 0.247. The van der Waals surface area contributed by atoms with Crippen LogP contribution in [-0.4, -0.2) is 12.6 Å². The smallest absolute Gasteiger partial charge is 0.231 e. The van der Waals surface area contributed by atoms with E-state index >= 15 is 0 Å². The lowest BCUT2D eigenvalue weighted by Gasteiger charge is -2.30. The SMILES string of the molecule is O=C1CCC2=C1[C@@H](c1ccc3c(c1)OCO3)c1c(ccc3ccccc13)N2. The van der Waals surface area contributed by atoms with Crippen LogP contribution in [0.5, 0.6) is 11.5 Å². The molecule has 0 saturated carbocycles. The van der Waals surface area contributed by atoms with Crippen molar-refractivity contribution in [3.8, 4) is 11.5 Å². The average Bonchev–Trinajstić information content (AvgIpc) is 3.32. The summed E-state index contributed by atoms with van der Waals surface area (Å²) in [6, 6.07) is 18.7. The Kier molecular flexibility index (Phi) is 2.95. The van der Waals surface area contributed by atoms with E-state index in [9.17, 15) is 4.79 Å². The lowest BCUT2D eigenvalue weighted by molar-refractivity contribution is -0.115. The van der Waals surface area contributed by atoms with Gasteiger partial charge in [-0.25, -0.2) is 0 Å². The van der Waals surface area contributed by atoms with Crippen molar-refractivity contribution < 1.29 is 14.3 Å². The van der Waals surface area contributed by atoms with E-state index in [0.29, 0.717) is 6.42 Å². The summed E-state index contributed by atoms with van der Waals surface area (Å²) in [5, 5.41) is 5.89. The van der Waals surface area contributed by atoms with Crippen LogP contribution in [0.3, 0.4) is 0 Å². The van der Waals surface area contributed by atoms with E-state index in [2.05, 4.69) is 41.7 Å². The molecule has 2 heterocycles. The first-order valence-corrected chi connectivity index (χ1v) is 9.24. The van der Waals surface area contributed by atoms with Crippen molar-refractivity contribution in [3.63, 3.8) is 0 Å². The minimum Gasteiger partial charge on any atom is -0.454 e. The molecule has 4 nitrogen and oxygen atoms in total. The van der Waals surface area contributed by atoms with Crippen LogP contribution in [0, 0.1) is 0 Å². The number of nitrogens with one attached hydrogen (secondary N) is 1. The van der Waals surface area contributed by atoms with Gasteiger partial charge < -0.3 is 14.8 Å². The molecule has 0 unspecified atom stereocenters. The van der Waals surface area contributed by atoms with Crippen LogP contribution >= 0.6 is 0 Å². The minimum absolute atomic E-state index is 0.0909.